The van der Waals surface area contributed by atoms with Crippen molar-refractivity contribution in [3.8, 4) is 0 Å². The maximum atomic E-state index is 12.4. The van der Waals surface area contributed by atoms with E-state index in [4.69, 9.17) is 16.6 Å². The minimum Gasteiger partial charge on any atom is -0.480 e. The number of hydrogen-bond acceptors (Lipinski definition) is 6. The van der Waals surface area contributed by atoms with E-state index in [-0.39, 0.29) is 10.2 Å². The van der Waals surface area contributed by atoms with Crippen molar-refractivity contribution in [2.45, 2.75) is 12.5 Å². The molecule has 122 valence electrons. The standard InChI is InChI=1S/C15H15NO4S3/c1-22-9-7-11(14(18)19)16-13(17)12(23-15(16)21)6-2-4-10-5-3-8-20-10/h2-6,8,11H,7,9H2,1H3,(H,18,19)/b4-2+,12-6+/t11-/m0/s1. The highest BCUT2D eigenvalue weighted by atomic mass is 32.2. The van der Waals surface area contributed by atoms with E-state index in [1.165, 1.54) is 16.7 Å². The lowest BCUT2D eigenvalue weighted by molar-refractivity contribution is -0.145. The summed E-state index contributed by atoms with van der Waals surface area (Å²) in [5, 5.41) is 9.37. The van der Waals surface area contributed by atoms with E-state index in [9.17, 15) is 14.7 Å². The lowest BCUT2D eigenvalue weighted by Gasteiger charge is -2.22. The highest BCUT2D eigenvalue weighted by molar-refractivity contribution is 8.26. The summed E-state index contributed by atoms with van der Waals surface area (Å²) in [6.07, 6.45) is 8.83. The molecule has 0 bridgehead atoms. The Morgan fingerprint density at radius 1 is 1.61 bits per heavy atom. The lowest BCUT2D eigenvalue weighted by Crippen LogP contribution is -2.44. The largest absolute Gasteiger partial charge is 0.480 e. The summed E-state index contributed by atoms with van der Waals surface area (Å²) in [6, 6.07) is 2.63. The molecule has 23 heavy (non-hydrogen) atoms. The van der Waals surface area contributed by atoms with Crippen LogP contribution in [-0.2, 0) is 9.59 Å². The third-order valence-corrected chi connectivity index (χ3v) is 5.06. The van der Waals surface area contributed by atoms with E-state index in [1.54, 1.807) is 36.6 Å². The van der Waals surface area contributed by atoms with Crippen molar-refractivity contribution < 1.29 is 19.1 Å². The Balaban J connectivity index is 2.13. The number of nitrogens with zero attached hydrogens (tertiary/aromatic N) is 1. The molecule has 1 aromatic rings. The van der Waals surface area contributed by atoms with Gasteiger partial charge in [-0.2, -0.15) is 11.8 Å². The molecular formula is C15H15NO4S3. The first kappa shape index (κ1) is 17.8. The normalized spacial score (nSPS) is 18.3. The maximum Gasteiger partial charge on any atom is 0.326 e. The quantitative estimate of drug-likeness (QED) is 0.584. The Labute approximate surface area is 147 Å². The molecule has 1 fully saturated rings. The van der Waals surface area contributed by atoms with Crippen molar-refractivity contribution in [2.75, 3.05) is 12.0 Å². The molecule has 1 aromatic heterocycles. The van der Waals surface area contributed by atoms with Gasteiger partial charge in [-0.15, -0.1) is 0 Å². The number of carboxylic acid groups (broad SMARTS) is 1. The van der Waals surface area contributed by atoms with Gasteiger partial charge in [0, 0.05) is 0 Å². The van der Waals surface area contributed by atoms with E-state index >= 15 is 0 Å². The molecule has 0 unspecified atom stereocenters. The van der Waals surface area contributed by atoms with Crippen molar-refractivity contribution in [1.29, 1.82) is 0 Å². The van der Waals surface area contributed by atoms with Crippen LogP contribution in [0.4, 0.5) is 0 Å². The van der Waals surface area contributed by atoms with Crippen molar-refractivity contribution >= 4 is 58.0 Å². The van der Waals surface area contributed by atoms with Gasteiger partial charge in [0.2, 0.25) is 0 Å². The molecule has 0 spiro atoms. The predicted octanol–water partition coefficient (Wildman–Crippen LogP) is 3.24. The number of carbonyl (C=O) groups is 2. The number of furan rings is 1. The Bertz CT molecular complexity index is 652. The van der Waals surface area contributed by atoms with Crippen LogP contribution in [-0.4, -0.2) is 44.3 Å². The summed E-state index contributed by atoms with van der Waals surface area (Å²) in [4.78, 5) is 25.5. The van der Waals surface area contributed by atoms with Crippen molar-refractivity contribution in [3.05, 3.63) is 41.2 Å². The average molecular weight is 369 g/mol. The molecule has 8 heteroatoms. The number of allylic oxidation sites excluding steroid dienone is 2. The molecule has 2 rings (SSSR count). The van der Waals surface area contributed by atoms with Gasteiger partial charge >= 0.3 is 5.97 Å². The fourth-order valence-electron chi connectivity index (χ4n) is 1.97. The first-order chi connectivity index (χ1) is 11.0. The molecular weight excluding hydrogens is 354 g/mol. The molecule has 5 nitrogen and oxygen atoms in total. The van der Waals surface area contributed by atoms with Crippen molar-refractivity contribution in [1.82, 2.24) is 4.90 Å². The number of rotatable bonds is 7. The molecule has 0 aromatic carbocycles. The summed E-state index contributed by atoms with van der Waals surface area (Å²) in [6.45, 7) is 0. The fraction of sp³-hybridized carbons (Fsp3) is 0.267. The molecule has 0 saturated carbocycles. The zero-order valence-corrected chi connectivity index (χ0v) is 14.7. The van der Waals surface area contributed by atoms with Crippen LogP contribution < -0.4 is 0 Å². The molecule has 1 amide bonds. The highest BCUT2D eigenvalue weighted by Crippen LogP contribution is 2.33. The van der Waals surface area contributed by atoms with E-state index in [0.717, 1.165) is 11.8 Å². The third-order valence-electron chi connectivity index (χ3n) is 3.07. The minimum atomic E-state index is -1.04. The molecule has 1 saturated heterocycles. The van der Waals surface area contributed by atoms with Crippen LogP contribution >= 0.6 is 35.7 Å². The Hall–Kier alpha value is -1.51. The molecule has 1 atom stereocenters. The number of thioether (sulfide) groups is 2. The van der Waals surface area contributed by atoms with E-state index < -0.39 is 12.0 Å². The van der Waals surface area contributed by atoms with E-state index in [1.807, 2.05) is 6.26 Å². The first-order valence-electron chi connectivity index (χ1n) is 6.73. The van der Waals surface area contributed by atoms with Crippen LogP contribution in [0.15, 0.2) is 39.9 Å². The fourth-order valence-corrected chi connectivity index (χ4v) is 3.74. The topological polar surface area (TPSA) is 70.8 Å². The average Bonchev–Trinajstić information content (AvgIpc) is 3.11. The third kappa shape index (κ3) is 4.49. The van der Waals surface area contributed by atoms with E-state index in [2.05, 4.69) is 0 Å². The molecule has 1 N–H and O–H groups in total. The molecule has 0 radical (unpaired) electrons. The molecule has 2 heterocycles. The van der Waals surface area contributed by atoms with Crippen molar-refractivity contribution in [2.24, 2.45) is 0 Å². The molecule has 1 aliphatic heterocycles. The first-order valence-corrected chi connectivity index (χ1v) is 9.35. The minimum absolute atomic E-state index is 0.279. The summed E-state index contributed by atoms with van der Waals surface area (Å²) >= 11 is 7.83. The Kier molecular flexibility index (Phi) is 6.49. The van der Waals surface area contributed by atoms with Crippen LogP contribution in [0.5, 0.6) is 0 Å². The highest BCUT2D eigenvalue weighted by Gasteiger charge is 2.39. The Morgan fingerprint density at radius 3 is 3.00 bits per heavy atom. The second-order valence-electron chi connectivity index (χ2n) is 4.58. The SMILES string of the molecule is CSCC[C@@H](C(=O)O)N1C(=O)/C(=C\C=C\c2ccco2)SC1=S. The number of carboxylic acids is 1. The molecule has 0 aliphatic carbocycles. The Morgan fingerprint density at radius 2 is 2.39 bits per heavy atom. The number of hydrogen-bond donors (Lipinski definition) is 1. The summed E-state index contributed by atoms with van der Waals surface area (Å²) in [5.74, 6) is -0.0914. The van der Waals surface area contributed by atoms with Gasteiger partial charge in [0.15, 0.2) is 0 Å². The van der Waals surface area contributed by atoms with Gasteiger partial charge < -0.3 is 9.52 Å². The molecule has 1 aliphatic rings. The van der Waals surface area contributed by atoms with Gasteiger partial charge in [0.1, 0.15) is 16.1 Å². The van der Waals surface area contributed by atoms with E-state index in [0.29, 0.717) is 22.8 Å². The van der Waals surface area contributed by atoms with Crippen LogP contribution in [0.25, 0.3) is 6.08 Å². The monoisotopic (exact) mass is 369 g/mol. The van der Waals surface area contributed by atoms with Gasteiger partial charge in [0.05, 0.1) is 11.2 Å². The van der Waals surface area contributed by atoms with Gasteiger partial charge in [-0.25, -0.2) is 4.79 Å². The van der Waals surface area contributed by atoms with Crippen LogP contribution in [0.1, 0.15) is 12.2 Å². The summed E-state index contributed by atoms with van der Waals surface area (Å²) < 4.78 is 5.44. The van der Waals surface area contributed by atoms with Gasteiger partial charge in [-0.1, -0.05) is 30.1 Å². The lowest BCUT2D eigenvalue weighted by atomic mass is 10.2. The van der Waals surface area contributed by atoms with Crippen LogP contribution in [0, 0.1) is 0 Å². The maximum absolute atomic E-state index is 12.4. The number of carbonyl (C=O) groups excluding carboxylic acids is 1. The number of aliphatic carboxylic acids is 1. The second kappa shape index (κ2) is 8.37. The second-order valence-corrected chi connectivity index (χ2v) is 7.25. The summed E-state index contributed by atoms with van der Waals surface area (Å²) in [5.41, 5.74) is 0. The zero-order valence-electron chi connectivity index (χ0n) is 12.3. The van der Waals surface area contributed by atoms with Gasteiger partial charge in [0.25, 0.3) is 5.91 Å². The van der Waals surface area contributed by atoms with Gasteiger partial charge in [-0.05, 0) is 42.7 Å². The number of thiocarbonyl (C=S) groups is 1. The zero-order chi connectivity index (χ0) is 16.8. The predicted molar refractivity (Wildman–Crippen MR) is 97.3 cm³/mol. The van der Waals surface area contributed by atoms with Gasteiger partial charge in [-0.3, -0.25) is 9.69 Å². The van der Waals surface area contributed by atoms with Crippen LogP contribution in [0.2, 0.25) is 0 Å². The van der Waals surface area contributed by atoms with Crippen molar-refractivity contribution in [3.63, 3.8) is 0 Å². The van der Waals surface area contributed by atoms with Crippen LogP contribution in [0.3, 0.4) is 0 Å². The number of amides is 1. The smallest absolute Gasteiger partial charge is 0.326 e. The summed E-state index contributed by atoms with van der Waals surface area (Å²) in [7, 11) is 0.